The van der Waals surface area contributed by atoms with Gasteiger partial charge in [-0.15, -0.1) is 0 Å². The summed E-state index contributed by atoms with van der Waals surface area (Å²) in [5.41, 5.74) is 1.83. The van der Waals surface area contributed by atoms with Crippen molar-refractivity contribution in [2.45, 2.75) is 31.3 Å². The normalized spacial score (nSPS) is 30.0. The Balaban J connectivity index is 1.72. The summed E-state index contributed by atoms with van der Waals surface area (Å²) >= 11 is 4.38. The third kappa shape index (κ3) is 1.63. The minimum Gasteiger partial charge on any atom is -0.364 e. The van der Waals surface area contributed by atoms with Crippen molar-refractivity contribution < 1.29 is 9.59 Å². The number of rotatable bonds is 1. The molecular formula is C15H17N3O2S. The van der Waals surface area contributed by atoms with Gasteiger partial charge >= 0.3 is 0 Å². The summed E-state index contributed by atoms with van der Waals surface area (Å²) in [6.07, 6.45) is 0. The zero-order valence-corrected chi connectivity index (χ0v) is 12.9. The van der Waals surface area contributed by atoms with E-state index in [2.05, 4.69) is 27.3 Å². The van der Waals surface area contributed by atoms with Crippen molar-refractivity contribution in [3.63, 3.8) is 0 Å². The number of benzene rings is 1. The summed E-state index contributed by atoms with van der Waals surface area (Å²) in [5, 5.41) is 2.43. The SMILES string of the molecule is CC1(C)C(=O)NC(=O)c2ccc(N3CC4C3CN4S)cc21. The second kappa shape index (κ2) is 4.01. The monoisotopic (exact) mass is 303 g/mol. The Labute approximate surface area is 128 Å². The lowest BCUT2D eigenvalue weighted by Gasteiger charge is -2.61. The number of hydrogen-bond acceptors (Lipinski definition) is 5. The van der Waals surface area contributed by atoms with Crippen molar-refractivity contribution in [2.75, 3.05) is 18.0 Å². The number of carbonyl (C=O) groups is 2. The molecule has 4 rings (SSSR count). The highest BCUT2D eigenvalue weighted by molar-refractivity contribution is 7.77. The summed E-state index contributed by atoms with van der Waals surface area (Å²) in [6.45, 7) is 5.62. The van der Waals surface area contributed by atoms with Crippen LogP contribution in [0.2, 0.25) is 0 Å². The van der Waals surface area contributed by atoms with Crippen molar-refractivity contribution >= 4 is 30.3 Å². The average Bonchev–Trinajstić information content (AvgIpc) is 2.42. The highest BCUT2D eigenvalue weighted by Crippen LogP contribution is 2.40. The highest BCUT2D eigenvalue weighted by Gasteiger charge is 2.51. The number of nitrogens with one attached hydrogen (secondary N) is 1. The molecule has 3 aliphatic rings. The first kappa shape index (κ1) is 13.2. The maximum atomic E-state index is 12.1. The van der Waals surface area contributed by atoms with Gasteiger partial charge in [-0.3, -0.25) is 14.9 Å². The van der Waals surface area contributed by atoms with Gasteiger partial charge in [-0.1, -0.05) is 12.8 Å². The minimum atomic E-state index is -0.682. The molecule has 2 atom stereocenters. The Morgan fingerprint density at radius 3 is 2.62 bits per heavy atom. The highest BCUT2D eigenvalue weighted by atomic mass is 32.1. The predicted molar refractivity (Wildman–Crippen MR) is 82.6 cm³/mol. The van der Waals surface area contributed by atoms with Crippen LogP contribution in [0.3, 0.4) is 0 Å². The van der Waals surface area contributed by atoms with Gasteiger partial charge in [-0.25, -0.2) is 4.31 Å². The van der Waals surface area contributed by atoms with Crippen LogP contribution >= 0.6 is 12.8 Å². The fourth-order valence-electron chi connectivity index (χ4n) is 3.40. The van der Waals surface area contributed by atoms with Crippen molar-refractivity contribution in [3.05, 3.63) is 29.3 Å². The largest absolute Gasteiger partial charge is 0.364 e. The molecule has 2 fully saturated rings. The van der Waals surface area contributed by atoms with E-state index in [-0.39, 0.29) is 11.8 Å². The van der Waals surface area contributed by atoms with Crippen molar-refractivity contribution in [1.82, 2.24) is 9.62 Å². The number of hydrogen-bond donors (Lipinski definition) is 2. The van der Waals surface area contributed by atoms with Gasteiger partial charge < -0.3 is 4.90 Å². The number of amides is 2. The van der Waals surface area contributed by atoms with Gasteiger partial charge in [0, 0.05) is 24.3 Å². The number of carbonyl (C=O) groups excluding carboxylic acids is 2. The summed E-state index contributed by atoms with van der Waals surface area (Å²) in [4.78, 5) is 26.3. The molecule has 0 saturated carbocycles. The molecule has 110 valence electrons. The predicted octanol–water partition coefficient (Wildman–Crippen LogP) is 0.952. The van der Waals surface area contributed by atoms with Crippen molar-refractivity contribution in [3.8, 4) is 0 Å². The van der Waals surface area contributed by atoms with Gasteiger partial charge in [-0.2, -0.15) is 0 Å². The number of anilines is 1. The quantitative estimate of drug-likeness (QED) is 0.599. The van der Waals surface area contributed by atoms with E-state index >= 15 is 0 Å². The Morgan fingerprint density at radius 1 is 1.24 bits per heavy atom. The summed E-state index contributed by atoms with van der Waals surface area (Å²) in [7, 11) is 0. The molecule has 0 spiro atoms. The molecule has 1 aromatic carbocycles. The van der Waals surface area contributed by atoms with E-state index < -0.39 is 5.41 Å². The van der Waals surface area contributed by atoms with Crippen LogP contribution in [0.25, 0.3) is 0 Å². The zero-order valence-electron chi connectivity index (χ0n) is 12.0. The van der Waals surface area contributed by atoms with Gasteiger partial charge in [0.1, 0.15) is 0 Å². The van der Waals surface area contributed by atoms with Gasteiger partial charge in [0.2, 0.25) is 5.91 Å². The fraction of sp³-hybridized carbons (Fsp3) is 0.467. The standard InChI is InChI=1S/C15H17N3O2S/c1-15(2)10-5-8(17-6-12-11(17)7-18(12)21)3-4-9(10)13(19)16-14(15)20/h3-5,11-12,21H,6-7H2,1-2H3,(H,16,19,20). The molecule has 21 heavy (non-hydrogen) atoms. The minimum absolute atomic E-state index is 0.233. The van der Waals surface area contributed by atoms with Crippen molar-refractivity contribution in [2.24, 2.45) is 0 Å². The first-order chi connectivity index (χ1) is 9.89. The molecule has 2 unspecified atom stereocenters. The molecule has 2 saturated heterocycles. The van der Waals surface area contributed by atoms with Crippen LogP contribution in [-0.2, 0) is 10.2 Å². The molecule has 6 heteroatoms. The molecule has 3 aliphatic heterocycles. The van der Waals surface area contributed by atoms with E-state index in [0.717, 1.165) is 24.3 Å². The van der Waals surface area contributed by atoms with Gasteiger partial charge in [-0.05, 0) is 37.6 Å². The first-order valence-electron chi connectivity index (χ1n) is 7.12. The van der Waals surface area contributed by atoms with Crippen LogP contribution < -0.4 is 10.2 Å². The van der Waals surface area contributed by atoms with E-state index in [0.29, 0.717) is 17.6 Å². The molecule has 0 radical (unpaired) electrons. The van der Waals surface area contributed by atoms with Gasteiger partial charge in [0.15, 0.2) is 0 Å². The van der Waals surface area contributed by atoms with E-state index in [1.807, 2.05) is 32.0 Å². The fourth-order valence-corrected chi connectivity index (χ4v) is 3.80. The van der Waals surface area contributed by atoms with E-state index in [1.54, 1.807) is 0 Å². The molecule has 5 nitrogen and oxygen atoms in total. The topological polar surface area (TPSA) is 52.7 Å². The van der Waals surface area contributed by atoms with Crippen LogP contribution in [0.1, 0.15) is 29.8 Å². The van der Waals surface area contributed by atoms with Crippen LogP contribution in [0.5, 0.6) is 0 Å². The number of imide groups is 1. The number of piperazine rings is 1. The smallest absolute Gasteiger partial charge is 0.258 e. The third-order valence-electron chi connectivity index (χ3n) is 5.03. The maximum absolute atomic E-state index is 12.1. The molecule has 1 aromatic rings. The third-order valence-corrected chi connectivity index (χ3v) is 5.49. The molecule has 3 heterocycles. The lowest BCUT2D eigenvalue weighted by molar-refractivity contribution is -0.125. The van der Waals surface area contributed by atoms with Gasteiger partial charge in [0.05, 0.1) is 17.5 Å². The zero-order chi connectivity index (χ0) is 14.9. The van der Waals surface area contributed by atoms with Crippen LogP contribution in [0.15, 0.2) is 18.2 Å². The van der Waals surface area contributed by atoms with E-state index in [4.69, 9.17) is 0 Å². The van der Waals surface area contributed by atoms with Crippen molar-refractivity contribution in [1.29, 1.82) is 0 Å². The Bertz CT molecular complexity index is 673. The second-order valence-corrected chi connectivity index (χ2v) is 7.06. The Morgan fingerprint density at radius 2 is 2.00 bits per heavy atom. The van der Waals surface area contributed by atoms with Gasteiger partial charge in [0.25, 0.3) is 5.91 Å². The Kier molecular flexibility index (Phi) is 2.52. The lowest BCUT2D eigenvalue weighted by atomic mass is 9.77. The molecule has 2 amide bonds. The van der Waals surface area contributed by atoms with E-state index in [1.165, 1.54) is 0 Å². The maximum Gasteiger partial charge on any atom is 0.258 e. The van der Waals surface area contributed by atoms with Crippen LogP contribution in [0, 0.1) is 0 Å². The lowest BCUT2D eigenvalue weighted by Crippen LogP contribution is -2.76. The van der Waals surface area contributed by atoms with Crippen LogP contribution in [0.4, 0.5) is 5.69 Å². The molecule has 1 N–H and O–H groups in total. The summed E-state index contributed by atoms with van der Waals surface area (Å²) in [5.74, 6) is -0.531. The summed E-state index contributed by atoms with van der Waals surface area (Å²) < 4.78 is 2.06. The number of nitrogens with zero attached hydrogens (tertiary/aromatic N) is 2. The molecule has 0 bridgehead atoms. The first-order valence-corrected chi connectivity index (χ1v) is 7.52. The van der Waals surface area contributed by atoms with Crippen LogP contribution in [-0.4, -0.2) is 41.3 Å². The molecule has 0 aliphatic carbocycles. The second-order valence-electron chi connectivity index (χ2n) is 6.55. The van der Waals surface area contributed by atoms with E-state index in [9.17, 15) is 9.59 Å². The number of thiol groups is 1. The molecule has 0 aromatic heterocycles. The molecular weight excluding hydrogens is 286 g/mol. The Hall–Kier alpha value is -1.53. The summed E-state index contributed by atoms with van der Waals surface area (Å²) in [6, 6.07) is 6.85. The average molecular weight is 303 g/mol. The number of fused-ring (bicyclic) bond motifs is 2.